The van der Waals surface area contributed by atoms with Crippen LogP contribution in [0, 0.1) is 20.8 Å². The fourth-order valence-corrected chi connectivity index (χ4v) is 4.47. The summed E-state index contributed by atoms with van der Waals surface area (Å²) in [6, 6.07) is 14.1. The molecule has 2 aromatic carbocycles. The number of para-hydroxylation sites is 1. The van der Waals surface area contributed by atoms with E-state index in [1.807, 2.05) is 13.0 Å². The zero-order valence-electron chi connectivity index (χ0n) is 19.6. The topological polar surface area (TPSA) is 106 Å². The van der Waals surface area contributed by atoms with Crippen LogP contribution in [0.5, 0.6) is 0 Å². The molecule has 36 heavy (non-hydrogen) atoms. The van der Waals surface area contributed by atoms with Gasteiger partial charge in [-0.15, -0.1) is 0 Å². The molecule has 0 unspecified atom stereocenters. The maximum atomic E-state index is 13.3. The van der Waals surface area contributed by atoms with Crippen molar-refractivity contribution in [3.8, 4) is 0 Å². The number of rotatable bonds is 3. The van der Waals surface area contributed by atoms with Crippen molar-refractivity contribution in [2.75, 3.05) is 4.90 Å². The molecule has 0 spiro atoms. The van der Waals surface area contributed by atoms with E-state index < -0.39 is 17.8 Å². The minimum atomic E-state index is -0.848. The first kappa shape index (κ1) is 23.3. The molecule has 1 saturated heterocycles. The summed E-state index contributed by atoms with van der Waals surface area (Å²) in [5.41, 5.74) is 2.24. The smallest absolute Gasteiger partial charge is 0.273 e. The van der Waals surface area contributed by atoms with Gasteiger partial charge in [-0.05, 0) is 74.9 Å². The molecule has 3 heterocycles. The van der Waals surface area contributed by atoms with Gasteiger partial charge in [-0.2, -0.15) is 4.68 Å². The first-order valence-electron chi connectivity index (χ1n) is 11.0. The highest BCUT2D eigenvalue weighted by atomic mass is 35.5. The van der Waals surface area contributed by atoms with Gasteiger partial charge in [-0.1, -0.05) is 23.7 Å². The predicted octanol–water partition coefficient (Wildman–Crippen LogP) is 3.75. The first-order chi connectivity index (χ1) is 17.2. The minimum Gasteiger partial charge on any atom is -0.273 e. The molecule has 1 fully saturated rings. The Kier molecular flexibility index (Phi) is 5.57. The summed E-state index contributed by atoms with van der Waals surface area (Å²) >= 11 is 5.92. The number of fused-ring (bicyclic) bond motifs is 1. The lowest BCUT2D eigenvalue weighted by Gasteiger charge is -2.26. The standard InChI is InChI=1S/C26H20ClN5O4/c1-14-12-17(15(2)31(14)32-16(3)28-22-7-5-4-6-20(22)25(32)35)13-21-23(33)29-26(36)30(24(21)34)19-10-8-18(27)9-11-19/h4-13H,1-3H3,(H,29,33,36). The maximum absolute atomic E-state index is 13.3. The SMILES string of the molecule is Cc1cc(C=C2C(=O)NC(=O)N(c3ccc(Cl)cc3)C2=O)c(C)n1-n1c(C)nc2ccccc2c1=O. The van der Waals surface area contributed by atoms with Crippen molar-refractivity contribution in [1.82, 2.24) is 19.7 Å². The van der Waals surface area contributed by atoms with Crippen LogP contribution in [0.2, 0.25) is 5.02 Å². The second-order valence-electron chi connectivity index (χ2n) is 8.37. The number of nitrogens with zero attached hydrogens (tertiary/aromatic N) is 4. The summed E-state index contributed by atoms with van der Waals surface area (Å²) in [5.74, 6) is -1.09. The van der Waals surface area contributed by atoms with Crippen molar-refractivity contribution in [3.63, 3.8) is 0 Å². The lowest BCUT2D eigenvalue weighted by Crippen LogP contribution is -2.54. The van der Waals surface area contributed by atoms with E-state index in [1.54, 1.807) is 54.9 Å². The van der Waals surface area contributed by atoms with Gasteiger partial charge in [0.2, 0.25) is 0 Å². The molecule has 0 radical (unpaired) electrons. The van der Waals surface area contributed by atoms with Crippen molar-refractivity contribution in [2.45, 2.75) is 20.8 Å². The van der Waals surface area contributed by atoms with Gasteiger partial charge >= 0.3 is 6.03 Å². The Morgan fingerprint density at radius 1 is 0.917 bits per heavy atom. The number of aromatic nitrogens is 3. The van der Waals surface area contributed by atoms with E-state index in [0.29, 0.717) is 38.7 Å². The fraction of sp³-hybridized carbons (Fsp3) is 0.115. The Morgan fingerprint density at radius 2 is 1.61 bits per heavy atom. The van der Waals surface area contributed by atoms with Crippen molar-refractivity contribution in [1.29, 1.82) is 0 Å². The number of aryl methyl sites for hydroxylation is 2. The molecule has 1 N–H and O–H groups in total. The highest BCUT2D eigenvalue weighted by Crippen LogP contribution is 2.25. The summed E-state index contributed by atoms with van der Waals surface area (Å²) in [6.45, 7) is 5.31. The third kappa shape index (κ3) is 3.70. The van der Waals surface area contributed by atoms with Crippen LogP contribution in [-0.4, -0.2) is 32.2 Å². The number of carbonyl (C=O) groups excluding carboxylic acids is 3. The number of barbiturate groups is 1. The van der Waals surface area contributed by atoms with Crippen LogP contribution in [0.15, 0.2) is 65.0 Å². The number of amides is 4. The number of nitrogens with one attached hydrogen (secondary N) is 1. The fourth-order valence-electron chi connectivity index (χ4n) is 4.34. The molecule has 0 aliphatic carbocycles. The summed E-state index contributed by atoms with van der Waals surface area (Å²) in [6.07, 6.45) is 1.42. The Bertz CT molecular complexity index is 1680. The molecule has 180 valence electrons. The number of urea groups is 1. The highest BCUT2D eigenvalue weighted by Gasteiger charge is 2.37. The van der Waals surface area contributed by atoms with E-state index in [9.17, 15) is 19.2 Å². The van der Waals surface area contributed by atoms with E-state index in [2.05, 4.69) is 10.3 Å². The number of benzene rings is 2. The van der Waals surface area contributed by atoms with Crippen molar-refractivity contribution in [3.05, 3.63) is 98.3 Å². The minimum absolute atomic E-state index is 0.217. The van der Waals surface area contributed by atoms with Gasteiger partial charge in [-0.25, -0.2) is 14.7 Å². The lowest BCUT2D eigenvalue weighted by molar-refractivity contribution is -0.122. The van der Waals surface area contributed by atoms with Gasteiger partial charge in [-0.3, -0.25) is 24.4 Å². The van der Waals surface area contributed by atoms with Gasteiger partial charge in [0.25, 0.3) is 17.4 Å². The van der Waals surface area contributed by atoms with Gasteiger partial charge in [0.15, 0.2) is 0 Å². The Balaban J connectivity index is 1.62. The van der Waals surface area contributed by atoms with Gasteiger partial charge < -0.3 is 0 Å². The maximum Gasteiger partial charge on any atom is 0.335 e. The third-order valence-electron chi connectivity index (χ3n) is 6.04. The number of anilines is 1. The number of halogens is 1. The number of carbonyl (C=O) groups is 3. The molecule has 0 bridgehead atoms. The van der Waals surface area contributed by atoms with Crippen LogP contribution in [0.3, 0.4) is 0 Å². The number of hydrogen-bond donors (Lipinski definition) is 1. The second kappa shape index (κ2) is 8.62. The van der Waals surface area contributed by atoms with E-state index in [0.717, 1.165) is 4.90 Å². The highest BCUT2D eigenvalue weighted by molar-refractivity contribution is 6.39. The normalized spacial score (nSPS) is 15.2. The second-order valence-corrected chi connectivity index (χ2v) is 8.80. The quantitative estimate of drug-likeness (QED) is 0.340. The van der Waals surface area contributed by atoms with Crippen LogP contribution < -0.4 is 15.8 Å². The van der Waals surface area contributed by atoms with Gasteiger partial charge in [0, 0.05) is 16.4 Å². The van der Waals surface area contributed by atoms with Gasteiger partial charge in [0.05, 0.1) is 16.6 Å². The molecule has 0 atom stereocenters. The van der Waals surface area contributed by atoms with Crippen molar-refractivity contribution < 1.29 is 14.4 Å². The molecule has 2 aromatic heterocycles. The molecule has 1 aliphatic rings. The monoisotopic (exact) mass is 501 g/mol. The van der Waals surface area contributed by atoms with Crippen LogP contribution in [-0.2, 0) is 9.59 Å². The average molecular weight is 502 g/mol. The Morgan fingerprint density at radius 3 is 2.33 bits per heavy atom. The van der Waals surface area contributed by atoms with E-state index in [-0.39, 0.29) is 16.8 Å². The molecule has 4 aromatic rings. The molecule has 4 amide bonds. The Hall–Kier alpha value is -4.50. The van der Waals surface area contributed by atoms with E-state index >= 15 is 0 Å². The van der Waals surface area contributed by atoms with Crippen LogP contribution in [0.4, 0.5) is 10.5 Å². The zero-order chi connectivity index (χ0) is 25.7. The lowest BCUT2D eigenvalue weighted by atomic mass is 10.1. The van der Waals surface area contributed by atoms with Crippen LogP contribution in [0.1, 0.15) is 22.8 Å². The number of imide groups is 2. The molecule has 10 heteroatoms. The summed E-state index contributed by atoms with van der Waals surface area (Å²) in [4.78, 5) is 57.1. The van der Waals surface area contributed by atoms with Crippen LogP contribution >= 0.6 is 11.6 Å². The number of hydrogen-bond acceptors (Lipinski definition) is 5. The summed E-state index contributed by atoms with van der Waals surface area (Å²) in [7, 11) is 0. The molecule has 5 rings (SSSR count). The zero-order valence-corrected chi connectivity index (χ0v) is 20.3. The predicted molar refractivity (Wildman–Crippen MR) is 136 cm³/mol. The molecular weight excluding hydrogens is 482 g/mol. The van der Waals surface area contributed by atoms with Crippen molar-refractivity contribution in [2.24, 2.45) is 0 Å². The summed E-state index contributed by atoms with van der Waals surface area (Å²) < 4.78 is 3.15. The molecular formula is C26H20ClN5O4. The molecule has 9 nitrogen and oxygen atoms in total. The average Bonchev–Trinajstić information content (AvgIpc) is 3.10. The van der Waals surface area contributed by atoms with E-state index in [1.165, 1.54) is 22.9 Å². The van der Waals surface area contributed by atoms with Crippen LogP contribution in [0.25, 0.3) is 17.0 Å². The summed E-state index contributed by atoms with van der Waals surface area (Å²) in [5, 5.41) is 3.12. The van der Waals surface area contributed by atoms with Crippen molar-refractivity contribution >= 4 is 52.1 Å². The van der Waals surface area contributed by atoms with E-state index in [4.69, 9.17) is 11.6 Å². The Labute approximate surface area is 210 Å². The largest absolute Gasteiger partial charge is 0.335 e. The third-order valence-corrected chi connectivity index (χ3v) is 6.29. The molecule has 0 saturated carbocycles. The molecule has 1 aliphatic heterocycles. The first-order valence-corrected chi connectivity index (χ1v) is 11.4. The van der Waals surface area contributed by atoms with Gasteiger partial charge in [0.1, 0.15) is 11.4 Å².